The van der Waals surface area contributed by atoms with Gasteiger partial charge < -0.3 is 9.84 Å². The first kappa shape index (κ1) is 14.3. The lowest BCUT2D eigenvalue weighted by atomic mass is 10.4. The monoisotopic (exact) mass is 298 g/mol. The Hall–Kier alpha value is -2.07. The summed E-state index contributed by atoms with van der Waals surface area (Å²) in [6, 6.07) is 0. The fourth-order valence-electron chi connectivity index (χ4n) is 1.41. The Morgan fingerprint density at radius 2 is 2.00 bits per heavy atom. The number of hydrogen-bond donors (Lipinski definition) is 2. The third-order valence-corrected chi connectivity index (χ3v) is 3.79. The topological polar surface area (TPSA) is 123 Å². The molecule has 2 aromatic rings. The lowest BCUT2D eigenvalue weighted by molar-refractivity contribution is 0.387. The molecule has 0 aliphatic heterocycles. The van der Waals surface area contributed by atoms with Crippen LogP contribution in [-0.4, -0.2) is 42.1 Å². The molecular weight excluding hydrogens is 284 g/mol. The Morgan fingerprint density at radius 3 is 2.55 bits per heavy atom. The summed E-state index contributed by atoms with van der Waals surface area (Å²) >= 11 is 0. The third-order valence-electron chi connectivity index (χ3n) is 2.37. The smallest absolute Gasteiger partial charge is 0.243 e. The fraction of sp³-hybridized carbons (Fsp3) is 0.400. The average Bonchev–Trinajstić information content (AvgIpc) is 2.84. The highest BCUT2D eigenvalue weighted by atomic mass is 32.2. The number of nitrogens with zero attached hydrogens (tertiary/aromatic N) is 4. The van der Waals surface area contributed by atoms with Gasteiger partial charge in [-0.25, -0.2) is 23.1 Å². The van der Waals surface area contributed by atoms with Crippen molar-refractivity contribution in [2.75, 3.05) is 18.9 Å². The van der Waals surface area contributed by atoms with Crippen molar-refractivity contribution in [3.63, 3.8) is 0 Å². The quantitative estimate of drug-likeness (QED) is 0.747. The molecule has 10 heteroatoms. The molecule has 0 radical (unpaired) electrons. The van der Waals surface area contributed by atoms with E-state index in [0.29, 0.717) is 24.1 Å². The Labute approximate surface area is 115 Å². The minimum atomic E-state index is -3.64. The van der Waals surface area contributed by atoms with E-state index < -0.39 is 10.0 Å². The number of sulfonamides is 1. The Bertz CT molecular complexity index is 667. The molecule has 0 spiro atoms. The van der Waals surface area contributed by atoms with Crippen LogP contribution in [-0.2, 0) is 16.4 Å². The number of aryl methyl sites for hydroxylation is 1. The summed E-state index contributed by atoms with van der Waals surface area (Å²) < 4.78 is 31.1. The SMILES string of the molecule is CNc1ncc(S(=O)(=O)NCCc2noc(C)n2)cn1. The van der Waals surface area contributed by atoms with Gasteiger partial charge in [0.1, 0.15) is 4.90 Å². The van der Waals surface area contributed by atoms with Crippen LogP contribution in [0.15, 0.2) is 21.8 Å². The summed E-state index contributed by atoms with van der Waals surface area (Å²) in [7, 11) is -1.99. The van der Waals surface area contributed by atoms with Crippen molar-refractivity contribution in [3.05, 3.63) is 24.1 Å². The average molecular weight is 298 g/mol. The molecule has 0 aliphatic rings. The van der Waals surface area contributed by atoms with Gasteiger partial charge in [-0.1, -0.05) is 5.16 Å². The maximum Gasteiger partial charge on any atom is 0.243 e. The summed E-state index contributed by atoms with van der Waals surface area (Å²) in [5.74, 6) is 1.25. The molecule has 0 saturated carbocycles. The molecule has 2 heterocycles. The Balaban J connectivity index is 1.96. The molecule has 0 unspecified atom stereocenters. The second-order valence-electron chi connectivity index (χ2n) is 3.87. The van der Waals surface area contributed by atoms with Crippen molar-refractivity contribution < 1.29 is 12.9 Å². The molecule has 0 amide bonds. The van der Waals surface area contributed by atoms with Gasteiger partial charge in [0.25, 0.3) is 0 Å². The van der Waals surface area contributed by atoms with Gasteiger partial charge in [0.05, 0.1) is 12.4 Å². The summed E-state index contributed by atoms with van der Waals surface area (Å²) in [4.78, 5) is 11.7. The zero-order chi connectivity index (χ0) is 14.6. The minimum absolute atomic E-state index is 0.000734. The van der Waals surface area contributed by atoms with Crippen molar-refractivity contribution >= 4 is 16.0 Å². The number of aromatic nitrogens is 4. The molecular formula is C10H14N6O3S. The number of nitrogens with one attached hydrogen (secondary N) is 2. The van der Waals surface area contributed by atoms with Crippen molar-refractivity contribution in [3.8, 4) is 0 Å². The van der Waals surface area contributed by atoms with E-state index in [2.05, 4.69) is 30.1 Å². The van der Waals surface area contributed by atoms with Gasteiger partial charge >= 0.3 is 0 Å². The molecule has 0 bridgehead atoms. The molecule has 108 valence electrons. The van der Waals surface area contributed by atoms with Crippen molar-refractivity contribution in [2.24, 2.45) is 0 Å². The minimum Gasteiger partial charge on any atom is -0.357 e. The molecule has 0 atom stereocenters. The van der Waals surface area contributed by atoms with E-state index in [-0.39, 0.29) is 11.4 Å². The van der Waals surface area contributed by atoms with Crippen molar-refractivity contribution in [1.82, 2.24) is 24.8 Å². The van der Waals surface area contributed by atoms with Crippen LogP contribution < -0.4 is 10.0 Å². The molecule has 0 saturated heterocycles. The molecule has 0 aliphatic carbocycles. The molecule has 20 heavy (non-hydrogen) atoms. The second kappa shape index (κ2) is 5.92. The summed E-state index contributed by atoms with van der Waals surface area (Å²) in [6.07, 6.45) is 2.81. The van der Waals surface area contributed by atoms with Gasteiger partial charge in [0.15, 0.2) is 5.82 Å². The van der Waals surface area contributed by atoms with E-state index in [0.717, 1.165) is 0 Å². The van der Waals surface area contributed by atoms with Crippen LogP contribution in [0.2, 0.25) is 0 Å². The highest BCUT2D eigenvalue weighted by molar-refractivity contribution is 7.89. The number of rotatable bonds is 6. The first-order chi connectivity index (χ1) is 9.51. The zero-order valence-corrected chi connectivity index (χ0v) is 11.8. The van der Waals surface area contributed by atoms with Gasteiger partial charge in [-0.15, -0.1) is 0 Å². The molecule has 9 nitrogen and oxygen atoms in total. The predicted octanol–water partition coefficient (Wildman–Crippen LogP) is -0.269. The second-order valence-corrected chi connectivity index (χ2v) is 5.64. The maximum absolute atomic E-state index is 12.0. The van der Waals surface area contributed by atoms with Crippen LogP contribution in [0.1, 0.15) is 11.7 Å². The van der Waals surface area contributed by atoms with E-state index in [4.69, 9.17) is 4.52 Å². The predicted molar refractivity (Wildman–Crippen MR) is 69.5 cm³/mol. The van der Waals surface area contributed by atoms with Gasteiger partial charge in [0.2, 0.25) is 21.9 Å². The lowest BCUT2D eigenvalue weighted by Gasteiger charge is -2.05. The number of anilines is 1. The largest absolute Gasteiger partial charge is 0.357 e. The van der Waals surface area contributed by atoms with Crippen LogP contribution in [0.3, 0.4) is 0 Å². The summed E-state index contributed by atoms with van der Waals surface area (Å²) in [5, 5.41) is 6.39. The highest BCUT2D eigenvalue weighted by Gasteiger charge is 2.15. The van der Waals surface area contributed by atoms with Crippen LogP contribution >= 0.6 is 0 Å². The van der Waals surface area contributed by atoms with Gasteiger partial charge in [0, 0.05) is 26.9 Å². The Morgan fingerprint density at radius 1 is 1.30 bits per heavy atom. The van der Waals surface area contributed by atoms with Crippen LogP contribution in [0.4, 0.5) is 5.95 Å². The normalized spacial score (nSPS) is 11.5. The fourth-order valence-corrected chi connectivity index (χ4v) is 2.33. The molecule has 2 N–H and O–H groups in total. The molecule has 2 rings (SSSR count). The standard InChI is InChI=1S/C10H14N6O3S/c1-7-15-9(16-19-7)3-4-14-20(17,18)8-5-12-10(11-2)13-6-8/h5-6,14H,3-4H2,1-2H3,(H,11,12,13). The van der Waals surface area contributed by atoms with E-state index in [1.165, 1.54) is 12.4 Å². The van der Waals surface area contributed by atoms with Gasteiger partial charge in [-0.3, -0.25) is 0 Å². The summed E-state index contributed by atoms with van der Waals surface area (Å²) in [6.45, 7) is 1.83. The first-order valence-electron chi connectivity index (χ1n) is 5.80. The summed E-state index contributed by atoms with van der Waals surface area (Å²) in [5.41, 5.74) is 0. The van der Waals surface area contributed by atoms with E-state index in [9.17, 15) is 8.42 Å². The van der Waals surface area contributed by atoms with Crippen molar-refractivity contribution in [2.45, 2.75) is 18.2 Å². The zero-order valence-electron chi connectivity index (χ0n) is 11.0. The van der Waals surface area contributed by atoms with Crippen LogP contribution in [0.5, 0.6) is 0 Å². The number of hydrogen-bond acceptors (Lipinski definition) is 8. The van der Waals surface area contributed by atoms with E-state index in [1.54, 1.807) is 14.0 Å². The van der Waals surface area contributed by atoms with Crippen LogP contribution in [0.25, 0.3) is 0 Å². The lowest BCUT2D eigenvalue weighted by Crippen LogP contribution is -2.26. The van der Waals surface area contributed by atoms with Gasteiger partial charge in [-0.2, -0.15) is 4.98 Å². The Kier molecular flexibility index (Phi) is 4.25. The van der Waals surface area contributed by atoms with Crippen molar-refractivity contribution in [1.29, 1.82) is 0 Å². The van der Waals surface area contributed by atoms with Gasteiger partial charge in [-0.05, 0) is 0 Å². The highest BCUT2D eigenvalue weighted by Crippen LogP contribution is 2.07. The third kappa shape index (κ3) is 3.48. The molecule has 0 aromatic carbocycles. The first-order valence-corrected chi connectivity index (χ1v) is 7.28. The van der Waals surface area contributed by atoms with E-state index in [1.807, 2.05) is 0 Å². The molecule has 0 fully saturated rings. The van der Waals surface area contributed by atoms with Crippen LogP contribution in [0, 0.1) is 6.92 Å². The maximum atomic E-state index is 12.0. The van der Waals surface area contributed by atoms with E-state index >= 15 is 0 Å². The molecule has 2 aromatic heterocycles.